The fourth-order valence-electron chi connectivity index (χ4n) is 5.00. The van der Waals surface area contributed by atoms with Crippen molar-refractivity contribution < 1.29 is 22.4 Å². The van der Waals surface area contributed by atoms with E-state index in [1.807, 2.05) is 20.8 Å². The lowest BCUT2D eigenvalue weighted by Crippen LogP contribution is -2.41. The van der Waals surface area contributed by atoms with E-state index in [-0.39, 0.29) is 45.9 Å². The van der Waals surface area contributed by atoms with Crippen LogP contribution in [0, 0.1) is 11.7 Å². The van der Waals surface area contributed by atoms with E-state index in [0.29, 0.717) is 37.8 Å². The topological polar surface area (TPSA) is 104 Å². The van der Waals surface area contributed by atoms with E-state index in [2.05, 4.69) is 15.4 Å². The van der Waals surface area contributed by atoms with Gasteiger partial charge in [-0.05, 0) is 68.0 Å². The number of halogens is 1. The fourth-order valence-corrected chi connectivity index (χ4v) is 6.33. The highest BCUT2D eigenvalue weighted by atomic mass is 32.2. The number of sulfonamides is 1. The predicted molar refractivity (Wildman–Crippen MR) is 132 cm³/mol. The van der Waals surface area contributed by atoms with Crippen LogP contribution in [0.3, 0.4) is 0 Å². The van der Waals surface area contributed by atoms with Crippen molar-refractivity contribution >= 4 is 27.5 Å². The van der Waals surface area contributed by atoms with Crippen LogP contribution in [0.25, 0.3) is 0 Å². The zero-order chi connectivity index (χ0) is 25.4. The van der Waals surface area contributed by atoms with Crippen molar-refractivity contribution in [3.63, 3.8) is 0 Å². The third-order valence-electron chi connectivity index (χ3n) is 7.06. The molecule has 1 aliphatic heterocycles. The molecule has 35 heavy (non-hydrogen) atoms. The van der Waals surface area contributed by atoms with Crippen LogP contribution >= 0.6 is 0 Å². The highest BCUT2D eigenvalue weighted by Crippen LogP contribution is 2.38. The lowest BCUT2D eigenvalue weighted by atomic mass is 9.78. The molecule has 4 rings (SSSR count). The zero-order valence-corrected chi connectivity index (χ0v) is 21.0. The highest BCUT2D eigenvalue weighted by molar-refractivity contribution is 7.89. The average Bonchev–Trinajstić information content (AvgIpc) is 2.78. The van der Waals surface area contributed by atoms with Crippen molar-refractivity contribution in [1.82, 2.24) is 10.0 Å². The first-order valence-corrected chi connectivity index (χ1v) is 13.5. The van der Waals surface area contributed by atoms with Gasteiger partial charge >= 0.3 is 0 Å². The molecule has 2 aliphatic rings. The van der Waals surface area contributed by atoms with Crippen LogP contribution in [-0.4, -0.2) is 26.3 Å². The van der Waals surface area contributed by atoms with Gasteiger partial charge in [-0.25, -0.2) is 17.5 Å². The number of nitrogens with one attached hydrogen (secondary N) is 3. The quantitative estimate of drug-likeness (QED) is 0.553. The number of carbonyl (C=O) groups excluding carboxylic acids is 2. The van der Waals surface area contributed by atoms with Gasteiger partial charge in [-0.2, -0.15) is 0 Å². The molecule has 1 saturated carbocycles. The van der Waals surface area contributed by atoms with E-state index in [0.717, 1.165) is 11.1 Å². The first-order valence-electron chi connectivity index (χ1n) is 12.0. The largest absolute Gasteiger partial charge is 0.349 e. The molecule has 0 spiro atoms. The Bertz CT molecular complexity index is 1220. The molecule has 2 aromatic carbocycles. The third kappa shape index (κ3) is 5.73. The third-order valence-corrected chi connectivity index (χ3v) is 8.57. The maximum Gasteiger partial charge on any atom is 0.240 e. The normalized spacial score (nSPS) is 22.6. The molecule has 1 heterocycles. The van der Waals surface area contributed by atoms with Crippen LogP contribution in [0.4, 0.5) is 10.1 Å². The molecule has 1 aliphatic carbocycles. The number of hydrogen-bond donors (Lipinski definition) is 3. The summed E-state index contributed by atoms with van der Waals surface area (Å²) in [5.74, 6) is -0.719. The van der Waals surface area contributed by atoms with Crippen molar-refractivity contribution in [3.8, 4) is 0 Å². The Morgan fingerprint density at radius 3 is 2.40 bits per heavy atom. The highest BCUT2D eigenvalue weighted by Gasteiger charge is 2.34. The summed E-state index contributed by atoms with van der Waals surface area (Å²) in [6.45, 7) is 5.78. The molecule has 2 aromatic rings. The van der Waals surface area contributed by atoms with Crippen molar-refractivity contribution in [2.75, 3.05) is 5.32 Å². The average molecular weight is 502 g/mol. The summed E-state index contributed by atoms with van der Waals surface area (Å²) in [4.78, 5) is 24.9. The van der Waals surface area contributed by atoms with Crippen molar-refractivity contribution in [2.24, 2.45) is 5.92 Å². The molecule has 0 bridgehead atoms. The second-order valence-corrected chi connectivity index (χ2v) is 12.0. The summed E-state index contributed by atoms with van der Waals surface area (Å²) in [6, 6.07) is 10.4. The van der Waals surface area contributed by atoms with E-state index in [1.165, 1.54) is 18.2 Å². The van der Waals surface area contributed by atoms with Crippen LogP contribution in [0.15, 0.2) is 47.4 Å². The lowest BCUT2D eigenvalue weighted by Gasteiger charge is -2.32. The molecule has 0 radical (unpaired) electrons. The Labute approximate surface area is 205 Å². The number of hydrogen-bond acceptors (Lipinski definition) is 4. The van der Waals surface area contributed by atoms with Gasteiger partial charge in [0.05, 0.1) is 10.9 Å². The summed E-state index contributed by atoms with van der Waals surface area (Å²) in [7, 11) is -3.78. The summed E-state index contributed by atoms with van der Waals surface area (Å²) >= 11 is 0. The molecule has 0 aromatic heterocycles. The smallest absolute Gasteiger partial charge is 0.240 e. The molecule has 188 valence electrons. The van der Waals surface area contributed by atoms with E-state index >= 15 is 0 Å². The molecule has 0 unspecified atom stereocenters. The van der Waals surface area contributed by atoms with Crippen LogP contribution in [0.5, 0.6) is 0 Å². The number of amides is 2. The van der Waals surface area contributed by atoms with Crippen LogP contribution < -0.4 is 15.4 Å². The van der Waals surface area contributed by atoms with Crippen molar-refractivity contribution in [1.29, 1.82) is 0 Å². The van der Waals surface area contributed by atoms with Gasteiger partial charge in [-0.3, -0.25) is 9.59 Å². The summed E-state index contributed by atoms with van der Waals surface area (Å²) in [6.07, 6.45) is 2.60. The zero-order valence-electron chi connectivity index (χ0n) is 20.2. The Morgan fingerprint density at radius 2 is 1.74 bits per heavy atom. The Morgan fingerprint density at radius 1 is 1.09 bits per heavy atom. The predicted octanol–water partition coefficient (Wildman–Crippen LogP) is 4.16. The van der Waals surface area contributed by atoms with Crippen LogP contribution in [0.1, 0.15) is 70.0 Å². The molecule has 0 saturated heterocycles. The Hall–Kier alpha value is -2.78. The van der Waals surface area contributed by atoms with Gasteiger partial charge in [0, 0.05) is 29.5 Å². The number of carbonyl (C=O) groups is 2. The van der Waals surface area contributed by atoms with Gasteiger partial charge in [0.15, 0.2) is 0 Å². The second-order valence-electron chi connectivity index (χ2n) is 10.3. The molecule has 1 fully saturated rings. The number of rotatable bonds is 6. The number of benzene rings is 2. The standard InChI is InChI=1S/C26H32FN3O4S/c1-16(17-4-8-19(27)9-5-17)28-25(32)18-6-10-20(11-7-18)30-35(33,34)21-12-13-22-23(14-21)29-24(31)15-26(22,2)3/h4-5,8-9,12-14,16,18,20,30H,6-7,10-11,15H2,1-3H3,(H,28,32)(H,29,31)/t16-,18?,20?/m1/s1. The minimum absolute atomic E-state index is 0.0730. The summed E-state index contributed by atoms with van der Waals surface area (Å²) < 4.78 is 42.0. The summed E-state index contributed by atoms with van der Waals surface area (Å²) in [5.41, 5.74) is 1.91. The maximum atomic E-state index is 13.1. The Kier molecular flexibility index (Phi) is 7.02. The maximum absolute atomic E-state index is 13.1. The van der Waals surface area contributed by atoms with Gasteiger partial charge in [-0.1, -0.05) is 32.0 Å². The molecule has 3 N–H and O–H groups in total. The van der Waals surface area contributed by atoms with Gasteiger partial charge in [0.2, 0.25) is 21.8 Å². The second kappa shape index (κ2) is 9.70. The van der Waals surface area contributed by atoms with E-state index < -0.39 is 10.0 Å². The summed E-state index contributed by atoms with van der Waals surface area (Å²) in [5, 5.41) is 5.76. The monoisotopic (exact) mass is 501 g/mol. The van der Waals surface area contributed by atoms with E-state index in [1.54, 1.807) is 24.3 Å². The van der Waals surface area contributed by atoms with E-state index in [9.17, 15) is 22.4 Å². The lowest BCUT2D eigenvalue weighted by molar-refractivity contribution is -0.126. The first-order chi connectivity index (χ1) is 16.4. The van der Waals surface area contributed by atoms with E-state index in [4.69, 9.17) is 0 Å². The van der Waals surface area contributed by atoms with Gasteiger partial charge in [0.25, 0.3) is 0 Å². The molecule has 7 nitrogen and oxygen atoms in total. The molecule has 2 amide bonds. The van der Waals surface area contributed by atoms with Gasteiger partial charge in [-0.15, -0.1) is 0 Å². The molecular weight excluding hydrogens is 469 g/mol. The fraction of sp³-hybridized carbons (Fsp3) is 0.462. The SMILES string of the molecule is C[C@@H](NC(=O)C1CCC(NS(=O)(=O)c2ccc3c(c2)NC(=O)CC3(C)C)CC1)c1ccc(F)cc1. The van der Waals surface area contributed by atoms with Gasteiger partial charge < -0.3 is 10.6 Å². The molecular formula is C26H32FN3O4S. The number of anilines is 1. The van der Waals surface area contributed by atoms with Crippen LogP contribution in [0.2, 0.25) is 0 Å². The minimum atomic E-state index is -3.78. The first kappa shape index (κ1) is 25.3. The minimum Gasteiger partial charge on any atom is -0.349 e. The van der Waals surface area contributed by atoms with Crippen LogP contribution in [-0.2, 0) is 25.0 Å². The molecule has 9 heteroatoms. The Balaban J connectivity index is 1.34. The molecule has 1 atom stereocenters. The van der Waals surface area contributed by atoms with Gasteiger partial charge in [0.1, 0.15) is 5.82 Å². The van der Waals surface area contributed by atoms with Crippen molar-refractivity contribution in [3.05, 3.63) is 59.4 Å². The number of fused-ring (bicyclic) bond motifs is 1. The van der Waals surface area contributed by atoms with Crippen molar-refractivity contribution in [2.45, 2.75) is 75.3 Å².